The van der Waals surface area contributed by atoms with E-state index in [1.165, 1.54) is 35.6 Å². The molecule has 5 rings (SSSR count). The van der Waals surface area contributed by atoms with Gasteiger partial charge in [0.05, 0.1) is 0 Å². The lowest BCUT2D eigenvalue weighted by Gasteiger charge is -2.36. The molecule has 34 heavy (non-hydrogen) atoms. The number of hydrogen-bond acceptors (Lipinski definition) is 3. The molecule has 5 nitrogen and oxygen atoms in total. The summed E-state index contributed by atoms with van der Waals surface area (Å²) < 4.78 is 0. The van der Waals surface area contributed by atoms with Gasteiger partial charge in [-0.25, -0.2) is 4.79 Å². The molecule has 178 valence electrons. The maximum atomic E-state index is 12.5. The number of carboxylic acids is 1. The quantitative estimate of drug-likeness (QED) is 0.527. The van der Waals surface area contributed by atoms with Crippen molar-refractivity contribution in [1.82, 2.24) is 10.6 Å². The largest absolute Gasteiger partial charge is 0.480 e. The molecule has 2 aromatic rings. The standard InChI is InChI=1S/C29H34N2O3/c1-19(25-11-5-7-21-6-2-3-10-26(21)25)30-24-9-4-8-23(18-24)20-12-14-22(15-13-20)27(32)31-29(16-17-29)28(33)34/h2-3,5-7,10-12,14-15,19-20,23-24,30H,4,8-9,13,16-18H2,1H3,(H,31,32)(H,33,34)/t19-,20?,23+,24+/m1/s1. The van der Waals surface area contributed by atoms with Gasteiger partial charge in [0.15, 0.2) is 0 Å². The van der Waals surface area contributed by atoms with Gasteiger partial charge in [-0.05, 0) is 73.6 Å². The van der Waals surface area contributed by atoms with E-state index >= 15 is 0 Å². The summed E-state index contributed by atoms with van der Waals surface area (Å²) in [5.74, 6) is -0.167. The predicted molar refractivity (Wildman–Crippen MR) is 134 cm³/mol. The molecule has 2 fully saturated rings. The van der Waals surface area contributed by atoms with Crippen LogP contribution in [0.1, 0.15) is 63.5 Å². The number of allylic oxidation sites excluding steroid dienone is 2. The molecule has 0 saturated heterocycles. The molecule has 2 saturated carbocycles. The van der Waals surface area contributed by atoms with Crippen molar-refractivity contribution in [3.05, 3.63) is 71.8 Å². The molecule has 4 atom stereocenters. The van der Waals surface area contributed by atoms with Crippen molar-refractivity contribution in [1.29, 1.82) is 0 Å². The molecule has 0 aliphatic heterocycles. The Morgan fingerprint density at radius 3 is 2.62 bits per heavy atom. The fourth-order valence-electron chi connectivity index (χ4n) is 5.80. The third-order valence-corrected chi connectivity index (χ3v) is 8.00. The topological polar surface area (TPSA) is 78.4 Å². The number of carbonyl (C=O) groups excluding carboxylic acids is 1. The molecular formula is C29H34N2O3. The summed E-state index contributed by atoms with van der Waals surface area (Å²) in [4.78, 5) is 23.9. The van der Waals surface area contributed by atoms with Gasteiger partial charge in [-0.1, -0.05) is 67.1 Å². The van der Waals surface area contributed by atoms with Crippen LogP contribution in [-0.4, -0.2) is 28.6 Å². The van der Waals surface area contributed by atoms with E-state index in [-0.39, 0.29) is 11.9 Å². The van der Waals surface area contributed by atoms with Crippen molar-refractivity contribution in [2.24, 2.45) is 11.8 Å². The van der Waals surface area contributed by atoms with Gasteiger partial charge in [-0.15, -0.1) is 0 Å². The monoisotopic (exact) mass is 458 g/mol. The Balaban J connectivity index is 1.18. The van der Waals surface area contributed by atoms with E-state index in [9.17, 15) is 14.7 Å². The van der Waals surface area contributed by atoms with Crippen LogP contribution in [0.5, 0.6) is 0 Å². The lowest BCUT2D eigenvalue weighted by Crippen LogP contribution is -2.43. The molecule has 0 radical (unpaired) electrons. The number of carboxylic acid groups (broad SMARTS) is 1. The number of amides is 1. The van der Waals surface area contributed by atoms with Crippen LogP contribution in [0.3, 0.4) is 0 Å². The maximum absolute atomic E-state index is 12.5. The molecule has 1 amide bonds. The number of fused-ring (bicyclic) bond motifs is 1. The van der Waals surface area contributed by atoms with Gasteiger partial charge in [0.25, 0.3) is 5.91 Å². The van der Waals surface area contributed by atoms with Crippen LogP contribution in [0.15, 0.2) is 66.3 Å². The Morgan fingerprint density at radius 1 is 1.09 bits per heavy atom. The first-order chi connectivity index (χ1) is 16.4. The Bertz CT molecular complexity index is 1140. The van der Waals surface area contributed by atoms with Crippen molar-refractivity contribution >= 4 is 22.6 Å². The van der Waals surface area contributed by atoms with Gasteiger partial charge < -0.3 is 15.7 Å². The molecule has 2 aromatic carbocycles. The predicted octanol–water partition coefficient (Wildman–Crippen LogP) is 5.29. The van der Waals surface area contributed by atoms with Crippen molar-refractivity contribution in [3.8, 4) is 0 Å². The lowest BCUT2D eigenvalue weighted by atomic mass is 9.74. The first kappa shape index (κ1) is 22.9. The second-order valence-electron chi connectivity index (χ2n) is 10.3. The summed E-state index contributed by atoms with van der Waals surface area (Å²) in [5.41, 5.74) is 0.913. The van der Waals surface area contributed by atoms with E-state index in [1.807, 2.05) is 12.2 Å². The molecule has 0 spiro atoms. The van der Waals surface area contributed by atoms with Crippen LogP contribution >= 0.6 is 0 Å². The average molecular weight is 459 g/mol. The maximum Gasteiger partial charge on any atom is 0.329 e. The minimum Gasteiger partial charge on any atom is -0.480 e. The summed E-state index contributed by atoms with van der Waals surface area (Å²) in [6.07, 6.45) is 12.7. The van der Waals surface area contributed by atoms with E-state index in [0.717, 1.165) is 12.8 Å². The minimum atomic E-state index is -1.04. The van der Waals surface area contributed by atoms with Gasteiger partial charge in [-0.3, -0.25) is 4.79 Å². The summed E-state index contributed by atoms with van der Waals surface area (Å²) in [6.45, 7) is 2.27. The zero-order valence-electron chi connectivity index (χ0n) is 19.8. The third-order valence-electron chi connectivity index (χ3n) is 8.00. The highest BCUT2D eigenvalue weighted by Crippen LogP contribution is 2.38. The zero-order valence-corrected chi connectivity index (χ0v) is 19.8. The van der Waals surface area contributed by atoms with Gasteiger partial charge in [0.2, 0.25) is 0 Å². The Labute approximate surface area is 201 Å². The Hall–Kier alpha value is -2.92. The molecule has 5 heteroatoms. The third kappa shape index (κ3) is 4.67. The summed E-state index contributed by atoms with van der Waals surface area (Å²) in [6, 6.07) is 15.9. The van der Waals surface area contributed by atoms with Gasteiger partial charge in [-0.2, -0.15) is 0 Å². The minimum absolute atomic E-state index is 0.262. The molecule has 3 aliphatic rings. The van der Waals surface area contributed by atoms with Crippen LogP contribution in [0.25, 0.3) is 10.8 Å². The number of rotatable bonds is 7. The molecule has 0 heterocycles. The van der Waals surface area contributed by atoms with Crippen LogP contribution < -0.4 is 10.6 Å². The van der Waals surface area contributed by atoms with Crippen LogP contribution in [0, 0.1) is 11.8 Å². The number of nitrogens with one attached hydrogen (secondary N) is 2. The smallest absolute Gasteiger partial charge is 0.329 e. The number of benzene rings is 2. The fourth-order valence-corrected chi connectivity index (χ4v) is 5.80. The summed E-state index contributed by atoms with van der Waals surface area (Å²) in [5, 5.41) is 18.5. The van der Waals surface area contributed by atoms with Crippen molar-refractivity contribution in [2.45, 2.75) is 69.5 Å². The van der Waals surface area contributed by atoms with Crippen LogP contribution in [0.2, 0.25) is 0 Å². The van der Waals surface area contributed by atoms with E-state index in [0.29, 0.717) is 36.3 Å². The Kier molecular flexibility index (Phi) is 6.30. The highest BCUT2D eigenvalue weighted by Gasteiger charge is 2.51. The number of hydrogen-bond donors (Lipinski definition) is 3. The lowest BCUT2D eigenvalue weighted by molar-refractivity contribution is -0.142. The summed E-state index contributed by atoms with van der Waals surface area (Å²) in [7, 11) is 0. The first-order valence-corrected chi connectivity index (χ1v) is 12.6. The SMILES string of the molecule is C[C@@H](N[C@H]1CCC[C@H](C2C=CC(C(=O)NC3(C(=O)O)CC3)=CC2)C1)c1cccc2ccccc12. The molecule has 0 aromatic heterocycles. The molecule has 3 aliphatic carbocycles. The number of carbonyl (C=O) groups is 2. The second kappa shape index (κ2) is 9.38. The average Bonchev–Trinajstić information content (AvgIpc) is 3.65. The molecule has 0 bridgehead atoms. The van der Waals surface area contributed by atoms with Crippen LogP contribution in [-0.2, 0) is 9.59 Å². The second-order valence-corrected chi connectivity index (χ2v) is 10.3. The van der Waals surface area contributed by atoms with Crippen molar-refractivity contribution in [3.63, 3.8) is 0 Å². The van der Waals surface area contributed by atoms with Gasteiger partial charge in [0, 0.05) is 17.7 Å². The fraction of sp³-hybridized carbons (Fsp3) is 0.448. The van der Waals surface area contributed by atoms with E-state index in [2.05, 4.69) is 66.1 Å². The van der Waals surface area contributed by atoms with Crippen LogP contribution in [0.4, 0.5) is 0 Å². The summed E-state index contributed by atoms with van der Waals surface area (Å²) >= 11 is 0. The van der Waals surface area contributed by atoms with Gasteiger partial charge in [0.1, 0.15) is 5.54 Å². The first-order valence-electron chi connectivity index (χ1n) is 12.6. The van der Waals surface area contributed by atoms with Crippen molar-refractivity contribution in [2.75, 3.05) is 0 Å². The molecular weight excluding hydrogens is 424 g/mol. The highest BCUT2D eigenvalue weighted by atomic mass is 16.4. The van der Waals surface area contributed by atoms with Crippen molar-refractivity contribution < 1.29 is 14.7 Å². The van der Waals surface area contributed by atoms with E-state index < -0.39 is 11.5 Å². The zero-order chi connectivity index (χ0) is 23.7. The van der Waals surface area contributed by atoms with E-state index in [4.69, 9.17) is 0 Å². The van der Waals surface area contributed by atoms with Gasteiger partial charge >= 0.3 is 5.97 Å². The number of aliphatic carboxylic acids is 1. The molecule has 1 unspecified atom stereocenters. The highest BCUT2D eigenvalue weighted by molar-refractivity contribution is 6.00. The van der Waals surface area contributed by atoms with E-state index in [1.54, 1.807) is 0 Å². The normalized spacial score (nSPS) is 26.5. The molecule has 3 N–H and O–H groups in total. The Morgan fingerprint density at radius 2 is 1.88 bits per heavy atom.